The van der Waals surface area contributed by atoms with E-state index in [4.69, 9.17) is 14.0 Å². The molecule has 1 aromatic heterocycles. The third-order valence-corrected chi connectivity index (χ3v) is 3.93. The van der Waals surface area contributed by atoms with Crippen LogP contribution in [0, 0.1) is 0 Å². The van der Waals surface area contributed by atoms with Gasteiger partial charge in [-0.3, -0.25) is 4.79 Å². The molecule has 0 aliphatic carbocycles. The fraction of sp³-hybridized carbons (Fsp3) is 0.471. The Labute approximate surface area is 140 Å². The first-order chi connectivity index (χ1) is 11.6. The molecule has 2 heterocycles. The van der Waals surface area contributed by atoms with E-state index in [2.05, 4.69) is 10.1 Å². The minimum atomic E-state index is -0.364. The molecule has 1 aliphatic heterocycles. The summed E-state index contributed by atoms with van der Waals surface area (Å²) in [5.41, 5.74) is 0.618. The van der Waals surface area contributed by atoms with Crippen LogP contribution < -0.4 is 4.74 Å². The normalized spacial score (nSPS) is 18.0. The van der Waals surface area contributed by atoms with Crippen LogP contribution in [-0.4, -0.2) is 47.8 Å². The SMILES string of the molecule is COc1ccc(C(=O)N2CCO[C@H](c3noc(C(C)C)n3)C2)cc1. The molecule has 0 N–H and O–H groups in total. The molecule has 2 aromatic rings. The zero-order valence-corrected chi connectivity index (χ0v) is 14.1. The highest BCUT2D eigenvalue weighted by Crippen LogP contribution is 2.23. The zero-order chi connectivity index (χ0) is 17.1. The molecule has 1 saturated heterocycles. The highest BCUT2D eigenvalue weighted by molar-refractivity contribution is 5.94. The molecule has 0 unspecified atom stereocenters. The summed E-state index contributed by atoms with van der Waals surface area (Å²) < 4.78 is 16.1. The van der Waals surface area contributed by atoms with Gasteiger partial charge in [-0.15, -0.1) is 0 Å². The molecule has 24 heavy (non-hydrogen) atoms. The largest absolute Gasteiger partial charge is 0.497 e. The molecule has 1 aromatic carbocycles. The highest BCUT2D eigenvalue weighted by Gasteiger charge is 2.29. The molecule has 3 rings (SSSR count). The monoisotopic (exact) mass is 331 g/mol. The van der Waals surface area contributed by atoms with Crippen molar-refractivity contribution in [2.45, 2.75) is 25.9 Å². The summed E-state index contributed by atoms with van der Waals surface area (Å²) in [7, 11) is 1.60. The zero-order valence-electron chi connectivity index (χ0n) is 14.1. The van der Waals surface area contributed by atoms with E-state index in [9.17, 15) is 4.79 Å². The van der Waals surface area contributed by atoms with Crippen LogP contribution in [0.2, 0.25) is 0 Å². The minimum Gasteiger partial charge on any atom is -0.497 e. The topological polar surface area (TPSA) is 77.7 Å². The molecule has 0 bridgehead atoms. The Balaban J connectivity index is 1.70. The Morgan fingerprint density at radius 2 is 2.08 bits per heavy atom. The summed E-state index contributed by atoms with van der Waals surface area (Å²) in [4.78, 5) is 18.8. The van der Waals surface area contributed by atoms with Crippen LogP contribution in [0.25, 0.3) is 0 Å². The summed E-state index contributed by atoms with van der Waals surface area (Å²) in [6.07, 6.45) is -0.364. The smallest absolute Gasteiger partial charge is 0.254 e. The van der Waals surface area contributed by atoms with E-state index in [0.717, 1.165) is 5.75 Å². The summed E-state index contributed by atoms with van der Waals surface area (Å²) in [6, 6.07) is 7.08. The summed E-state index contributed by atoms with van der Waals surface area (Å²) >= 11 is 0. The molecule has 1 atom stereocenters. The van der Waals surface area contributed by atoms with Crippen molar-refractivity contribution in [3.63, 3.8) is 0 Å². The van der Waals surface area contributed by atoms with Crippen LogP contribution >= 0.6 is 0 Å². The number of carbonyl (C=O) groups is 1. The maximum atomic E-state index is 12.7. The first kappa shape index (κ1) is 16.4. The number of aromatic nitrogens is 2. The lowest BCUT2D eigenvalue weighted by molar-refractivity contribution is -0.0276. The predicted molar refractivity (Wildman–Crippen MR) is 86.0 cm³/mol. The number of carbonyl (C=O) groups excluding carboxylic acids is 1. The standard InChI is InChI=1S/C17H21N3O4/c1-11(2)16-18-15(19-24-16)14-10-20(8-9-23-14)17(21)12-4-6-13(22-3)7-5-12/h4-7,11,14H,8-10H2,1-3H3/t14-/m0/s1. The second kappa shape index (κ2) is 7.00. The first-order valence-electron chi connectivity index (χ1n) is 7.97. The number of methoxy groups -OCH3 is 1. The van der Waals surface area contributed by atoms with E-state index in [0.29, 0.717) is 37.0 Å². The van der Waals surface area contributed by atoms with Gasteiger partial charge in [0.25, 0.3) is 5.91 Å². The van der Waals surface area contributed by atoms with Gasteiger partial charge < -0.3 is 18.9 Å². The molecule has 0 saturated carbocycles. The van der Waals surface area contributed by atoms with Gasteiger partial charge in [0, 0.05) is 18.0 Å². The van der Waals surface area contributed by atoms with Gasteiger partial charge in [-0.25, -0.2) is 0 Å². The maximum absolute atomic E-state index is 12.7. The number of nitrogens with zero attached hydrogens (tertiary/aromatic N) is 3. The molecule has 0 radical (unpaired) electrons. The summed E-state index contributed by atoms with van der Waals surface area (Å²) in [6.45, 7) is 5.35. The van der Waals surface area contributed by atoms with Gasteiger partial charge in [-0.2, -0.15) is 4.98 Å². The molecular weight excluding hydrogens is 310 g/mol. The average Bonchev–Trinajstić information content (AvgIpc) is 3.12. The quantitative estimate of drug-likeness (QED) is 0.856. The molecule has 1 aliphatic rings. The fourth-order valence-electron chi connectivity index (χ4n) is 2.52. The number of hydrogen-bond donors (Lipinski definition) is 0. The summed E-state index contributed by atoms with van der Waals surface area (Å²) in [5.74, 6) is 1.91. The predicted octanol–water partition coefficient (Wildman–Crippen LogP) is 2.42. The van der Waals surface area contributed by atoms with Gasteiger partial charge in [0.05, 0.1) is 20.3 Å². The van der Waals surface area contributed by atoms with E-state index in [1.54, 1.807) is 36.3 Å². The van der Waals surface area contributed by atoms with Crippen LogP contribution in [0.15, 0.2) is 28.8 Å². The van der Waals surface area contributed by atoms with Gasteiger partial charge >= 0.3 is 0 Å². The van der Waals surface area contributed by atoms with Crippen LogP contribution in [0.5, 0.6) is 5.75 Å². The molecule has 1 fully saturated rings. The van der Waals surface area contributed by atoms with E-state index in [1.165, 1.54) is 0 Å². The summed E-state index contributed by atoms with van der Waals surface area (Å²) in [5, 5.41) is 3.98. The van der Waals surface area contributed by atoms with Crippen LogP contribution in [0.3, 0.4) is 0 Å². The lowest BCUT2D eigenvalue weighted by Crippen LogP contribution is -2.42. The van der Waals surface area contributed by atoms with E-state index in [1.807, 2.05) is 13.8 Å². The van der Waals surface area contributed by atoms with Crippen molar-refractivity contribution >= 4 is 5.91 Å². The number of amides is 1. The van der Waals surface area contributed by atoms with Gasteiger partial charge in [-0.1, -0.05) is 19.0 Å². The number of ether oxygens (including phenoxy) is 2. The van der Waals surface area contributed by atoms with E-state index < -0.39 is 0 Å². The number of benzene rings is 1. The molecular formula is C17H21N3O4. The van der Waals surface area contributed by atoms with Crippen LogP contribution in [0.4, 0.5) is 0 Å². The van der Waals surface area contributed by atoms with Gasteiger partial charge in [-0.05, 0) is 24.3 Å². The van der Waals surface area contributed by atoms with Crippen molar-refractivity contribution in [2.75, 3.05) is 26.8 Å². The Morgan fingerprint density at radius 3 is 2.71 bits per heavy atom. The second-order valence-electron chi connectivity index (χ2n) is 5.98. The van der Waals surface area contributed by atoms with Crippen molar-refractivity contribution in [3.8, 4) is 5.75 Å². The van der Waals surface area contributed by atoms with Gasteiger partial charge in [0.2, 0.25) is 11.7 Å². The Hall–Kier alpha value is -2.41. The molecule has 1 amide bonds. The van der Waals surface area contributed by atoms with E-state index in [-0.39, 0.29) is 17.9 Å². The molecule has 128 valence electrons. The Kier molecular flexibility index (Phi) is 4.80. The molecule has 0 spiro atoms. The lowest BCUT2D eigenvalue weighted by Gasteiger charge is -2.31. The van der Waals surface area contributed by atoms with Crippen LogP contribution in [-0.2, 0) is 4.74 Å². The van der Waals surface area contributed by atoms with E-state index >= 15 is 0 Å². The van der Waals surface area contributed by atoms with Crippen molar-refractivity contribution in [1.82, 2.24) is 15.0 Å². The number of rotatable bonds is 4. The minimum absolute atomic E-state index is 0.0430. The van der Waals surface area contributed by atoms with Crippen molar-refractivity contribution < 1.29 is 18.8 Å². The van der Waals surface area contributed by atoms with Crippen molar-refractivity contribution in [3.05, 3.63) is 41.5 Å². The second-order valence-corrected chi connectivity index (χ2v) is 5.98. The first-order valence-corrected chi connectivity index (χ1v) is 7.97. The van der Waals surface area contributed by atoms with Crippen molar-refractivity contribution in [2.24, 2.45) is 0 Å². The van der Waals surface area contributed by atoms with Crippen LogP contribution in [0.1, 0.15) is 47.9 Å². The molecule has 7 nitrogen and oxygen atoms in total. The fourth-order valence-corrected chi connectivity index (χ4v) is 2.52. The highest BCUT2D eigenvalue weighted by atomic mass is 16.5. The Bertz CT molecular complexity index is 696. The Morgan fingerprint density at radius 1 is 1.33 bits per heavy atom. The molecule has 7 heteroatoms. The maximum Gasteiger partial charge on any atom is 0.254 e. The third kappa shape index (κ3) is 3.41. The third-order valence-electron chi connectivity index (χ3n) is 3.93. The average molecular weight is 331 g/mol. The number of hydrogen-bond acceptors (Lipinski definition) is 6. The number of morpholine rings is 1. The van der Waals surface area contributed by atoms with Crippen molar-refractivity contribution in [1.29, 1.82) is 0 Å². The lowest BCUT2D eigenvalue weighted by atomic mass is 10.1. The van der Waals surface area contributed by atoms with Gasteiger partial charge in [0.15, 0.2) is 0 Å². The van der Waals surface area contributed by atoms with Gasteiger partial charge in [0.1, 0.15) is 11.9 Å².